The number of pyridine rings is 1. The second kappa shape index (κ2) is 3.33. The molecular formula is C10H13N. The molecule has 0 aliphatic heterocycles. The van der Waals surface area contributed by atoms with Crippen LogP contribution in [0, 0.1) is 6.92 Å². The minimum Gasteiger partial charge on any atom is -0.261 e. The highest BCUT2D eigenvalue weighted by molar-refractivity contribution is 5.62. The third-order valence-corrected chi connectivity index (χ3v) is 1.80. The zero-order valence-corrected chi connectivity index (χ0v) is 7.26. The molecule has 58 valence electrons. The molecule has 1 aromatic heterocycles. The van der Waals surface area contributed by atoms with Crippen molar-refractivity contribution in [3.8, 4) is 0 Å². The number of rotatable bonds is 1. The maximum atomic E-state index is 4.21. The van der Waals surface area contributed by atoms with Gasteiger partial charge in [0.05, 0.1) is 0 Å². The number of hydrogen-bond donors (Lipinski definition) is 0. The summed E-state index contributed by atoms with van der Waals surface area (Å²) in [6, 6.07) is 4.12. The normalized spacial score (nSPS) is 11.7. The van der Waals surface area contributed by atoms with E-state index < -0.39 is 0 Å². The molecule has 0 spiro atoms. The van der Waals surface area contributed by atoms with Crippen LogP contribution >= 0.6 is 0 Å². The zero-order chi connectivity index (χ0) is 8.27. The van der Waals surface area contributed by atoms with Crippen LogP contribution in [-0.4, -0.2) is 4.98 Å². The SMILES string of the molecule is CC=C(C)c1ccc(C)nc1. The van der Waals surface area contributed by atoms with Crippen LogP contribution in [-0.2, 0) is 0 Å². The van der Waals surface area contributed by atoms with Crippen molar-refractivity contribution in [2.24, 2.45) is 0 Å². The average molecular weight is 147 g/mol. The number of aryl methyl sites for hydroxylation is 1. The van der Waals surface area contributed by atoms with Crippen LogP contribution in [0.5, 0.6) is 0 Å². The van der Waals surface area contributed by atoms with E-state index >= 15 is 0 Å². The van der Waals surface area contributed by atoms with Crippen molar-refractivity contribution in [2.45, 2.75) is 20.8 Å². The van der Waals surface area contributed by atoms with Crippen LogP contribution in [0.3, 0.4) is 0 Å². The maximum absolute atomic E-state index is 4.21. The van der Waals surface area contributed by atoms with Crippen LogP contribution < -0.4 is 0 Å². The third-order valence-electron chi connectivity index (χ3n) is 1.80. The summed E-state index contributed by atoms with van der Waals surface area (Å²) in [6.45, 7) is 6.12. The molecule has 0 N–H and O–H groups in total. The molecule has 1 aromatic rings. The van der Waals surface area contributed by atoms with Crippen molar-refractivity contribution < 1.29 is 0 Å². The summed E-state index contributed by atoms with van der Waals surface area (Å²) in [7, 11) is 0. The van der Waals surface area contributed by atoms with Gasteiger partial charge in [-0.25, -0.2) is 0 Å². The van der Waals surface area contributed by atoms with Gasteiger partial charge in [0, 0.05) is 11.9 Å². The Morgan fingerprint density at radius 3 is 2.64 bits per heavy atom. The summed E-state index contributed by atoms with van der Waals surface area (Å²) in [5.74, 6) is 0. The van der Waals surface area contributed by atoms with E-state index in [1.165, 1.54) is 11.1 Å². The van der Waals surface area contributed by atoms with Crippen molar-refractivity contribution >= 4 is 5.57 Å². The van der Waals surface area contributed by atoms with Crippen LogP contribution in [0.4, 0.5) is 0 Å². The molecule has 0 aliphatic rings. The van der Waals surface area contributed by atoms with Crippen molar-refractivity contribution in [3.63, 3.8) is 0 Å². The first-order valence-corrected chi connectivity index (χ1v) is 3.80. The molecular weight excluding hydrogens is 134 g/mol. The fourth-order valence-electron chi connectivity index (χ4n) is 0.868. The molecule has 1 rings (SSSR count). The minimum absolute atomic E-state index is 1.07. The number of hydrogen-bond acceptors (Lipinski definition) is 1. The lowest BCUT2D eigenvalue weighted by Gasteiger charge is -1.99. The molecule has 0 aromatic carbocycles. The molecule has 0 fully saturated rings. The highest BCUT2D eigenvalue weighted by atomic mass is 14.7. The number of aromatic nitrogens is 1. The molecule has 0 radical (unpaired) electrons. The van der Waals surface area contributed by atoms with Gasteiger partial charge in [0.2, 0.25) is 0 Å². The molecule has 1 nitrogen and oxygen atoms in total. The van der Waals surface area contributed by atoms with Gasteiger partial charge in [-0.1, -0.05) is 12.1 Å². The smallest absolute Gasteiger partial charge is 0.0373 e. The summed E-state index contributed by atoms with van der Waals surface area (Å²) in [5.41, 5.74) is 3.55. The first kappa shape index (κ1) is 7.99. The Morgan fingerprint density at radius 1 is 1.45 bits per heavy atom. The van der Waals surface area contributed by atoms with Crippen molar-refractivity contribution in [3.05, 3.63) is 35.7 Å². The summed E-state index contributed by atoms with van der Waals surface area (Å²) >= 11 is 0. The maximum Gasteiger partial charge on any atom is 0.0373 e. The molecule has 0 aliphatic carbocycles. The van der Waals surface area contributed by atoms with E-state index in [0.29, 0.717) is 0 Å². The number of nitrogens with zero attached hydrogens (tertiary/aromatic N) is 1. The van der Waals surface area contributed by atoms with E-state index in [1.807, 2.05) is 26.1 Å². The monoisotopic (exact) mass is 147 g/mol. The Bertz CT molecular complexity index is 257. The summed E-state index contributed by atoms with van der Waals surface area (Å²) in [6.07, 6.45) is 4.00. The van der Waals surface area contributed by atoms with Crippen LogP contribution in [0.25, 0.3) is 5.57 Å². The first-order valence-electron chi connectivity index (χ1n) is 3.80. The highest BCUT2D eigenvalue weighted by Gasteiger charge is 1.92. The van der Waals surface area contributed by atoms with E-state index in [0.717, 1.165) is 5.69 Å². The van der Waals surface area contributed by atoms with Gasteiger partial charge in [0.1, 0.15) is 0 Å². The predicted octanol–water partition coefficient (Wildman–Crippen LogP) is 2.81. The van der Waals surface area contributed by atoms with Crippen molar-refractivity contribution in [1.82, 2.24) is 4.98 Å². The van der Waals surface area contributed by atoms with Gasteiger partial charge >= 0.3 is 0 Å². The fourth-order valence-corrected chi connectivity index (χ4v) is 0.868. The standard InChI is InChI=1S/C10H13N/c1-4-8(2)10-6-5-9(3)11-7-10/h4-7H,1-3H3. The van der Waals surface area contributed by atoms with Gasteiger partial charge in [0.25, 0.3) is 0 Å². The van der Waals surface area contributed by atoms with E-state index in [2.05, 4.69) is 24.1 Å². The summed E-state index contributed by atoms with van der Waals surface area (Å²) in [4.78, 5) is 4.21. The second-order valence-corrected chi connectivity index (χ2v) is 2.66. The largest absolute Gasteiger partial charge is 0.261 e. The first-order chi connectivity index (χ1) is 5.24. The van der Waals surface area contributed by atoms with Gasteiger partial charge in [0.15, 0.2) is 0 Å². The molecule has 1 heterocycles. The third kappa shape index (κ3) is 1.90. The summed E-state index contributed by atoms with van der Waals surface area (Å²) in [5, 5.41) is 0. The Labute approximate surface area is 67.8 Å². The van der Waals surface area contributed by atoms with Crippen molar-refractivity contribution in [2.75, 3.05) is 0 Å². The summed E-state index contributed by atoms with van der Waals surface area (Å²) < 4.78 is 0. The van der Waals surface area contributed by atoms with Crippen LogP contribution in [0.15, 0.2) is 24.4 Å². The molecule has 11 heavy (non-hydrogen) atoms. The second-order valence-electron chi connectivity index (χ2n) is 2.66. The molecule has 0 saturated carbocycles. The molecule has 0 unspecified atom stereocenters. The van der Waals surface area contributed by atoms with Gasteiger partial charge in [-0.05, 0) is 38.0 Å². The molecule has 0 saturated heterocycles. The van der Waals surface area contributed by atoms with Crippen LogP contribution in [0.2, 0.25) is 0 Å². The van der Waals surface area contributed by atoms with E-state index in [-0.39, 0.29) is 0 Å². The van der Waals surface area contributed by atoms with Gasteiger partial charge in [-0.2, -0.15) is 0 Å². The predicted molar refractivity (Wildman–Crippen MR) is 48.3 cm³/mol. The topological polar surface area (TPSA) is 12.9 Å². The zero-order valence-electron chi connectivity index (χ0n) is 7.26. The molecule has 1 heteroatoms. The fraction of sp³-hybridized carbons (Fsp3) is 0.300. The lowest BCUT2D eigenvalue weighted by Crippen LogP contribution is -1.83. The molecule has 0 atom stereocenters. The number of allylic oxidation sites excluding steroid dienone is 2. The molecule has 0 amide bonds. The lowest BCUT2D eigenvalue weighted by atomic mass is 10.1. The van der Waals surface area contributed by atoms with Gasteiger partial charge < -0.3 is 0 Å². The van der Waals surface area contributed by atoms with Crippen LogP contribution in [0.1, 0.15) is 25.1 Å². The van der Waals surface area contributed by atoms with E-state index in [4.69, 9.17) is 0 Å². The van der Waals surface area contributed by atoms with E-state index in [9.17, 15) is 0 Å². The van der Waals surface area contributed by atoms with Gasteiger partial charge in [-0.3, -0.25) is 4.98 Å². The highest BCUT2D eigenvalue weighted by Crippen LogP contribution is 2.11. The quantitative estimate of drug-likeness (QED) is 0.595. The Balaban J connectivity index is 2.99. The Hall–Kier alpha value is -1.11. The minimum atomic E-state index is 1.07. The van der Waals surface area contributed by atoms with Gasteiger partial charge in [-0.15, -0.1) is 0 Å². The lowest BCUT2D eigenvalue weighted by molar-refractivity contribution is 1.19. The van der Waals surface area contributed by atoms with Crippen molar-refractivity contribution in [1.29, 1.82) is 0 Å². The molecule has 0 bridgehead atoms. The average Bonchev–Trinajstić information content (AvgIpc) is 2.05. The Kier molecular flexibility index (Phi) is 2.42. The Morgan fingerprint density at radius 2 is 2.18 bits per heavy atom. The van der Waals surface area contributed by atoms with E-state index in [1.54, 1.807) is 0 Å².